The van der Waals surface area contributed by atoms with Gasteiger partial charge in [-0.1, -0.05) is 18.6 Å². The van der Waals surface area contributed by atoms with E-state index in [4.69, 9.17) is 15.9 Å². The molecule has 0 radical (unpaired) electrons. The largest absolute Gasteiger partial charge is 0.494 e. The lowest BCUT2D eigenvalue weighted by atomic mass is 9.78. The Morgan fingerprint density at radius 1 is 1.18 bits per heavy atom. The Morgan fingerprint density at radius 3 is 2.51 bits per heavy atom. The van der Waals surface area contributed by atoms with Crippen LogP contribution in [0.25, 0.3) is 27.7 Å². The molecule has 4 aromatic rings. The van der Waals surface area contributed by atoms with Crippen LogP contribution in [0.1, 0.15) is 47.3 Å². The predicted octanol–water partition coefficient (Wildman–Crippen LogP) is 5.96. The van der Waals surface area contributed by atoms with Crippen LogP contribution in [0.15, 0.2) is 48.5 Å². The zero-order chi connectivity index (χ0) is 28.1. The van der Waals surface area contributed by atoms with E-state index in [1.165, 1.54) is 54.1 Å². The summed E-state index contributed by atoms with van der Waals surface area (Å²) in [5.74, 6) is -2.82. The fraction of sp³-hybridized carbons (Fsp3) is 0.241. The van der Waals surface area contributed by atoms with E-state index in [-0.39, 0.29) is 63.3 Å². The van der Waals surface area contributed by atoms with Crippen molar-refractivity contribution < 1.29 is 32.9 Å². The SMILES string of the molecule is COc1cc(-n2c(C3(O)CCCCC3F)c(-c3ccc(C(=O)O)cc3)c3c(F)c(N)c(C=N)cc32)ccc1F. The lowest BCUT2D eigenvalue weighted by Crippen LogP contribution is -2.41. The number of methoxy groups -OCH3 is 1. The molecule has 1 fully saturated rings. The van der Waals surface area contributed by atoms with E-state index in [9.17, 15) is 19.4 Å². The number of anilines is 1. The summed E-state index contributed by atoms with van der Waals surface area (Å²) in [7, 11) is 1.28. The fourth-order valence-corrected chi connectivity index (χ4v) is 5.46. The van der Waals surface area contributed by atoms with Crippen molar-refractivity contribution in [2.45, 2.75) is 37.5 Å². The van der Waals surface area contributed by atoms with Crippen LogP contribution in [0.5, 0.6) is 5.75 Å². The van der Waals surface area contributed by atoms with Gasteiger partial charge in [0.25, 0.3) is 0 Å². The van der Waals surface area contributed by atoms with Gasteiger partial charge in [0, 0.05) is 34.5 Å². The first kappa shape index (κ1) is 26.3. The minimum absolute atomic E-state index is 0.0156. The number of benzene rings is 3. The number of aromatic nitrogens is 1. The Hall–Kier alpha value is -4.31. The molecule has 2 unspecified atom stereocenters. The molecular weight excluding hydrogens is 511 g/mol. The highest BCUT2D eigenvalue weighted by atomic mass is 19.1. The van der Waals surface area contributed by atoms with Gasteiger partial charge in [0.15, 0.2) is 17.4 Å². The summed E-state index contributed by atoms with van der Waals surface area (Å²) in [6.07, 6.45) is 0.316. The molecule has 1 heterocycles. The number of nitrogens with one attached hydrogen (secondary N) is 1. The van der Waals surface area contributed by atoms with Gasteiger partial charge in [-0.05, 0) is 55.2 Å². The Balaban J connectivity index is 2.00. The number of alkyl halides is 1. The Kier molecular flexibility index (Phi) is 6.59. The highest BCUT2D eigenvalue weighted by Gasteiger charge is 2.46. The second kappa shape index (κ2) is 9.77. The molecule has 0 saturated heterocycles. The number of carbonyl (C=O) groups is 1. The summed E-state index contributed by atoms with van der Waals surface area (Å²) in [4.78, 5) is 11.5. The molecule has 5 N–H and O–H groups in total. The number of carboxylic acid groups (broad SMARTS) is 1. The maximum absolute atomic E-state index is 16.1. The summed E-state index contributed by atoms with van der Waals surface area (Å²) < 4.78 is 52.9. The van der Waals surface area contributed by atoms with Crippen LogP contribution in [0, 0.1) is 17.0 Å². The summed E-state index contributed by atoms with van der Waals surface area (Å²) >= 11 is 0. The van der Waals surface area contributed by atoms with Crippen molar-refractivity contribution in [2.24, 2.45) is 0 Å². The standard InChI is InChI=1S/C29H26F3N3O4/c1-39-21-13-18(9-10-19(21)30)35-20-12-17(14-33)26(34)25(32)24(20)23(15-5-7-16(8-6-15)28(36)37)27(35)29(38)11-3-2-4-22(29)31/h5-10,12-14,22,33,38H,2-4,11,34H2,1H3,(H,36,37). The zero-order valence-corrected chi connectivity index (χ0v) is 21.0. The smallest absolute Gasteiger partial charge is 0.335 e. The van der Waals surface area contributed by atoms with E-state index in [2.05, 4.69) is 0 Å². The maximum atomic E-state index is 16.1. The number of aromatic carboxylic acids is 1. The number of nitrogens with two attached hydrogens (primary N) is 1. The first-order chi connectivity index (χ1) is 18.6. The van der Waals surface area contributed by atoms with Gasteiger partial charge in [-0.2, -0.15) is 0 Å². The number of ether oxygens (including phenoxy) is 1. The molecule has 0 aliphatic heterocycles. The van der Waals surface area contributed by atoms with Crippen molar-refractivity contribution in [3.05, 3.63) is 77.0 Å². The summed E-state index contributed by atoms with van der Waals surface area (Å²) in [5.41, 5.74) is 4.58. The van der Waals surface area contributed by atoms with Crippen LogP contribution in [0.4, 0.5) is 18.9 Å². The summed E-state index contributed by atoms with van der Waals surface area (Å²) in [6, 6.07) is 10.9. The van der Waals surface area contributed by atoms with E-state index >= 15 is 8.78 Å². The molecule has 1 aromatic heterocycles. The molecule has 0 amide bonds. The van der Waals surface area contributed by atoms with Crippen molar-refractivity contribution in [1.82, 2.24) is 4.57 Å². The highest BCUT2D eigenvalue weighted by Crippen LogP contribution is 2.50. The van der Waals surface area contributed by atoms with Crippen LogP contribution in [0.2, 0.25) is 0 Å². The molecule has 10 heteroatoms. The lowest BCUT2D eigenvalue weighted by molar-refractivity contribution is -0.0721. The monoisotopic (exact) mass is 537 g/mol. The number of nitrogens with zero attached hydrogens (tertiary/aromatic N) is 1. The molecule has 5 rings (SSSR count). The number of halogens is 3. The molecule has 1 aliphatic rings. The fourth-order valence-electron chi connectivity index (χ4n) is 5.46. The first-order valence-electron chi connectivity index (χ1n) is 12.3. The number of nitrogen functional groups attached to an aromatic ring is 1. The third-order valence-electron chi connectivity index (χ3n) is 7.43. The van der Waals surface area contributed by atoms with Crippen LogP contribution in [-0.2, 0) is 5.60 Å². The molecule has 7 nitrogen and oxygen atoms in total. The molecule has 0 spiro atoms. The predicted molar refractivity (Wildman–Crippen MR) is 142 cm³/mol. The van der Waals surface area contributed by atoms with E-state index in [1.807, 2.05) is 0 Å². The first-order valence-corrected chi connectivity index (χ1v) is 12.3. The molecule has 2 atom stereocenters. The van der Waals surface area contributed by atoms with Crippen molar-refractivity contribution in [3.8, 4) is 22.6 Å². The van der Waals surface area contributed by atoms with Crippen molar-refractivity contribution >= 4 is 28.8 Å². The molecule has 1 aliphatic carbocycles. The quantitative estimate of drug-likeness (QED) is 0.179. The maximum Gasteiger partial charge on any atom is 0.335 e. The highest BCUT2D eigenvalue weighted by molar-refractivity contribution is 6.05. The molecular formula is C29H26F3N3O4. The number of hydrogen-bond donors (Lipinski definition) is 4. The van der Waals surface area contributed by atoms with Gasteiger partial charge in [0.1, 0.15) is 11.8 Å². The number of carboxylic acids is 1. The third-order valence-corrected chi connectivity index (χ3v) is 7.43. The normalized spacial score (nSPS) is 19.3. The van der Waals surface area contributed by atoms with Crippen molar-refractivity contribution in [1.29, 1.82) is 5.41 Å². The van der Waals surface area contributed by atoms with Gasteiger partial charge in [-0.3, -0.25) is 0 Å². The molecule has 1 saturated carbocycles. The Morgan fingerprint density at radius 2 is 1.90 bits per heavy atom. The Bertz CT molecular complexity index is 1620. The number of aliphatic hydroxyl groups is 1. The number of hydrogen-bond acceptors (Lipinski definition) is 5. The van der Waals surface area contributed by atoms with E-state index in [0.717, 1.165) is 12.3 Å². The van der Waals surface area contributed by atoms with Gasteiger partial charge in [-0.25, -0.2) is 18.0 Å². The minimum atomic E-state index is -2.08. The third kappa shape index (κ3) is 4.11. The summed E-state index contributed by atoms with van der Waals surface area (Å²) in [5, 5.41) is 29.1. The summed E-state index contributed by atoms with van der Waals surface area (Å²) in [6.45, 7) is 0. The minimum Gasteiger partial charge on any atom is -0.494 e. The topological polar surface area (TPSA) is 122 Å². The van der Waals surface area contributed by atoms with Crippen LogP contribution in [0.3, 0.4) is 0 Å². The average Bonchev–Trinajstić information content (AvgIpc) is 3.28. The van der Waals surface area contributed by atoms with E-state index in [1.54, 1.807) is 0 Å². The van der Waals surface area contributed by atoms with Gasteiger partial charge in [0.05, 0.1) is 29.6 Å². The van der Waals surface area contributed by atoms with Crippen molar-refractivity contribution in [2.75, 3.05) is 12.8 Å². The molecule has 0 bridgehead atoms. The molecule has 3 aromatic carbocycles. The number of fused-ring (bicyclic) bond motifs is 1. The average molecular weight is 538 g/mol. The van der Waals surface area contributed by atoms with Crippen LogP contribution < -0.4 is 10.5 Å². The number of rotatable bonds is 6. The van der Waals surface area contributed by atoms with E-state index < -0.39 is 29.4 Å². The molecule has 202 valence electrons. The van der Waals surface area contributed by atoms with Gasteiger partial charge in [-0.15, -0.1) is 0 Å². The van der Waals surface area contributed by atoms with Gasteiger partial charge < -0.3 is 30.7 Å². The Labute approximate surface area is 221 Å². The zero-order valence-electron chi connectivity index (χ0n) is 21.0. The lowest BCUT2D eigenvalue weighted by Gasteiger charge is -2.37. The molecule has 39 heavy (non-hydrogen) atoms. The van der Waals surface area contributed by atoms with Crippen molar-refractivity contribution in [3.63, 3.8) is 0 Å². The van der Waals surface area contributed by atoms with Gasteiger partial charge in [0.2, 0.25) is 0 Å². The van der Waals surface area contributed by atoms with Crippen LogP contribution >= 0.6 is 0 Å². The van der Waals surface area contributed by atoms with Gasteiger partial charge >= 0.3 is 5.97 Å². The second-order valence-electron chi connectivity index (χ2n) is 9.63. The van der Waals surface area contributed by atoms with Crippen LogP contribution in [-0.4, -0.2) is 40.2 Å². The van der Waals surface area contributed by atoms with E-state index in [0.29, 0.717) is 18.4 Å². The second-order valence-corrected chi connectivity index (χ2v) is 9.63.